The Morgan fingerprint density at radius 1 is 0.562 bits per heavy atom. The van der Waals surface area contributed by atoms with Crippen LogP contribution in [-0.2, 0) is 0 Å². The van der Waals surface area contributed by atoms with Gasteiger partial charge in [-0.05, 0) is 23.2 Å². The molecule has 4 nitrogen and oxygen atoms in total. The van der Waals surface area contributed by atoms with Crippen molar-refractivity contribution in [2.75, 3.05) is 0 Å². The molecule has 0 fully saturated rings. The highest BCUT2D eigenvalue weighted by molar-refractivity contribution is 6.39. The lowest BCUT2D eigenvalue weighted by atomic mass is 9.92. The average molecular weight is 294 g/mol. The first-order valence-corrected chi connectivity index (χ1v) is 5.56. The van der Waals surface area contributed by atoms with Gasteiger partial charge in [-0.3, -0.25) is 0 Å². The van der Waals surface area contributed by atoms with E-state index in [9.17, 15) is 0 Å². The van der Waals surface area contributed by atoms with Gasteiger partial charge < -0.3 is 0 Å². The van der Waals surface area contributed by atoms with E-state index in [1.165, 1.54) is 0 Å². The second kappa shape index (κ2) is 3.40. The van der Waals surface area contributed by atoms with Crippen LogP contribution in [0.3, 0.4) is 0 Å². The number of fused-ring (bicyclic) bond motifs is 4. The van der Waals surface area contributed by atoms with Crippen molar-refractivity contribution in [3.05, 3.63) is 20.9 Å². The maximum atomic E-state index is 5.92. The van der Waals surface area contributed by atoms with E-state index in [-0.39, 0.29) is 20.9 Å². The second-order valence-corrected chi connectivity index (χ2v) is 4.41. The Hall–Kier alpha value is -0.680. The van der Waals surface area contributed by atoms with Crippen LogP contribution >= 0.6 is 46.4 Å². The zero-order valence-electron chi connectivity index (χ0n) is 7.30. The van der Waals surface area contributed by atoms with E-state index in [1.54, 1.807) is 0 Å². The van der Waals surface area contributed by atoms with Gasteiger partial charge in [-0.1, -0.05) is 23.2 Å². The summed E-state index contributed by atoms with van der Waals surface area (Å²) >= 11 is 23.2. The molecular weight excluding hydrogens is 294 g/mol. The Morgan fingerprint density at radius 3 is 1.31 bits per heavy atom. The van der Waals surface area contributed by atoms with Crippen LogP contribution in [0.25, 0.3) is 22.5 Å². The lowest BCUT2D eigenvalue weighted by Crippen LogP contribution is -2.09. The fourth-order valence-corrected chi connectivity index (χ4v) is 2.48. The molecule has 0 aromatic carbocycles. The van der Waals surface area contributed by atoms with E-state index in [0.717, 1.165) is 0 Å². The highest BCUT2D eigenvalue weighted by Crippen LogP contribution is 2.50. The zero-order chi connectivity index (χ0) is 11.4. The number of rotatable bonds is 0. The van der Waals surface area contributed by atoms with Crippen molar-refractivity contribution in [3.8, 4) is 22.5 Å². The normalized spacial score (nSPS) is 11.8. The second-order valence-electron chi connectivity index (χ2n) is 3.01. The highest BCUT2D eigenvalue weighted by Gasteiger charge is 2.33. The number of hydrogen-bond donors (Lipinski definition) is 0. The van der Waals surface area contributed by atoms with E-state index in [4.69, 9.17) is 46.4 Å². The monoisotopic (exact) mass is 292 g/mol. The van der Waals surface area contributed by atoms with Gasteiger partial charge in [0.05, 0.1) is 22.5 Å². The predicted octanol–water partition coefficient (Wildman–Crippen LogP) is 3.53. The lowest BCUT2D eigenvalue weighted by molar-refractivity contribution is 1.09. The molecule has 0 unspecified atom stereocenters. The van der Waals surface area contributed by atoms with Crippen LogP contribution < -0.4 is 0 Å². The van der Waals surface area contributed by atoms with Crippen molar-refractivity contribution >= 4 is 46.4 Å². The molecule has 0 spiro atoms. The third-order valence-corrected chi connectivity index (χ3v) is 3.03. The first kappa shape index (κ1) is 10.5. The summed E-state index contributed by atoms with van der Waals surface area (Å²) in [6.07, 6.45) is 0. The number of hydrogen-bond acceptors (Lipinski definition) is 4. The molecule has 0 N–H and O–H groups in total. The van der Waals surface area contributed by atoms with Crippen LogP contribution in [0, 0.1) is 0 Å². The number of nitrogens with zero attached hydrogens (tertiary/aromatic N) is 4. The van der Waals surface area contributed by atoms with Gasteiger partial charge in [0.25, 0.3) is 0 Å². The van der Waals surface area contributed by atoms with E-state index in [1.807, 2.05) is 0 Å². The van der Waals surface area contributed by atoms with Gasteiger partial charge in [0.1, 0.15) is 10.3 Å². The van der Waals surface area contributed by atoms with Gasteiger partial charge in [-0.2, -0.15) is 0 Å². The molecule has 0 atom stereocenters. The minimum Gasteiger partial charge on any atom is -0.217 e. The van der Waals surface area contributed by atoms with Crippen molar-refractivity contribution in [2.24, 2.45) is 0 Å². The summed E-state index contributed by atoms with van der Waals surface area (Å²) in [5.74, 6) is 0. The van der Waals surface area contributed by atoms with Crippen molar-refractivity contribution in [1.82, 2.24) is 19.9 Å². The Bertz CT molecular complexity index is 558. The third kappa shape index (κ3) is 1.31. The molecule has 0 bridgehead atoms. The van der Waals surface area contributed by atoms with E-state index in [0.29, 0.717) is 22.5 Å². The summed E-state index contributed by atoms with van der Waals surface area (Å²) in [5, 5.41) is 0.572. The average Bonchev–Trinajstić information content (AvgIpc) is 2.12. The molecule has 2 aromatic heterocycles. The lowest BCUT2D eigenvalue weighted by Gasteiger charge is -2.22. The Labute approximate surface area is 110 Å². The molecule has 0 saturated heterocycles. The molecule has 0 aliphatic heterocycles. The SMILES string of the molecule is Clc1nc(Cl)c2c(n1)-c1c(Cl)nc(Cl)nc1-2. The largest absolute Gasteiger partial charge is 0.224 e. The summed E-state index contributed by atoms with van der Waals surface area (Å²) in [6, 6.07) is 0. The van der Waals surface area contributed by atoms with Crippen molar-refractivity contribution in [1.29, 1.82) is 0 Å². The Morgan fingerprint density at radius 2 is 0.938 bits per heavy atom. The van der Waals surface area contributed by atoms with Crippen LogP contribution in [-0.4, -0.2) is 19.9 Å². The molecule has 1 aliphatic carbocycles. The van der Waals surface area contributed by atoms with Crippen molar-refractivity contribution < 1.29 is 0 Å². The molecule has 0 saturated carbocycles. The molecule has 0 radical (unpaired) electrons. The number of aromatic nitrogens is 4. The topological polar surface area (TPSA) is 51.6 Å². The first-order valence-electron chi connectivity index (χ1n) is 4.04. The van der Waals surface area contributed by atoms with E-state index < -0.39 is 0 Å². The van der Waals surface area contributed by atoms with Gasteiger partial charge in [-0.25, -0.2) is 19.9 Å². The maximum Gasteiger partial charge on any atom is 0.224 e. The molecule has 80 valence electrons. The molecule has 0 amide bonds. The first-order chi connectivity index (χ1) is 7.58. The quantitative estimate of drug-likeness (QED) is 0.470. The standard InChI is InChI=1S/C8Cl4N4/c9-5-1-3(13-7(11)15-5)2-4(1)14-8(12)16-6(2)10. The molecule has 1 aliphatic rings. The highest BCUT2D eigenvalue weighted by atomic mass is 35.5. The van der Waals surface area contributed by atoms with Gasteiger partial charge >= 0.3 is 0 Å². The molecule has 2 heterocycles. The zero-order valence-corrected chi connectivity index (χ0v) is 10.3. The number of halogens is 4. The third-order valence-electron chi connectivity index (χ3n) is 2.15. The van der Waals surface area contributed by atoms with E-state index >= 15 is 0 Å². The maximum absolute atomic E-state index is 5.92. The van der Waals surface area contributed by atoms with Gasteiger partial charge in [0, 0.05) is 0 Å². The molecule has 8 heteroatoms. The van der Waals surface area contributed by atoms with Crippen LogP contribution in [0.4, 0.5) is 0 Å². The molecule has 16 heavy (non-hydrogen) atoms. The van der Waals surface area contributed by atoms with Gasteiger partial charge in [0.15, 0.2) is 0 Å². The van der Waals surface area contributed by atoms with E-state index in [2.05, 4.69) is 19.9 Å². The molecular formula is C8Cl4N4. The van der Waals surface area contributed by atoms with Crippen LogP contribution in [0.15, 0.2) is 0 Å². The fourth-order valence-electron chi connectivity index (χ4n) is 1.53. The Balaban J connectivity index is 2.34. The van der Waals surface area contributed by atoms with Gasteiger partial charge in [0.2, 0.25) is 10.6 Å². The van der Waals surface area contributed by atoms with Crippen LogP contribution in [0.5, 0.6) is 0 Å². The molecule has 3 rings (SSSR count). The summed E-state index contributed by atoms with van der Waals surface area (Å²) in [7, 11) is 0. The van der Waals surface area contributed by atoms with Crippen LogP contribution in [0.2, 0.25) is 20.9 Å². The summed E-state index contributed by atoms with van der Waals surface area (Å²) in [6.45, 7) is 0. The summed E-state index contributed by atoms with van der Waals surface area (Å²) in [4.78, 5) is 15.7. The van der Waals surface area contributed by atoms with Crippen molar-refractivity contribution in [3.63, 3.8) is 0 Å². The smallest absolute Gasteiger partial charge is 0.217 e. The van der Waals surface area contributed by atoms with Crippen molar-refractivity contribution in [2.45, 2.75) is 0 Å². The Kier molecular flexibility index (Phi) is 2.23. The summed E-state index contributed by atoms with van der Waals surface area (Å²) < 4.78 is 0. The fraction of sp³-hybridized carbons (Fsp3) is 0. The summed E-state index contributed by atoms with van der Waals surface area (Å²) in [5.41, 5.74) is 2.32. The predicted molar refractivity (Wildman–Crippen MR) is 62.1 cm³/mol. The minimum atomic E-state index is 0.0559. The van der Waals surface area contributed by atoms with Gasteiger partial charge in [-0.15, -0.1) is 0 Å². The molecule has 2 aromatic rings. The van der Waals surface area contributed by atoms with Crippen LogP contribution in [0.1, 0.15) is 0 Å². The minimum absolute atomic E-state index is 0.0559.